The number of aromatic nitrogens is 1. The van der Waals surface area contributed by atoms with E-state index < -0.39 is 5.97 Å². The molecule has 0 fully saturated rings. The highest BCUT2D eigenvalue weighted by molar-refractivity contribution is 14.1. The first kappa shape index (κ1) is 16.9. The minimum absolute atomic E-state index is 0.00650. The third-order valence-corrected chi connectivity index (χ3v) is 4.62. The van der Waals surface area contributed by atoms with Gasteiger partial charge in [-0.05, 0) is 53.6 Å². The average Bonchev–Trinajstić information content (AvgIpc) is 2.86. The lowest BCUT2D eigenvalue weighted by Crippen LogP contribution is -2.22. The number of carbonyl (C=O) groups is 2. The van der Waals surface area contributed by atoms with Crippen LogP contribution in [-0.4, -0.2) is 29.7 Å². The van der Waals surface area contributed by atoms with Crippen molar-refractivity contribution in [1.29, 1.82) is 0 Å². The molecule has 126 valence electrons. The molecule has 6 nitrogen and oxygen atoms in total. The van der Waals surface area contributed by atoms with E-state index in [9.17, 15) is 14.4 Å². The lowest BCUT2D eigenvalue weighted by Gasteiger charge is -2.16. The highest BCUT2D eigenvalue weighted by Gasteiger charge is 2.28. The fourth-order valence-corrected chi connectivity index (χ4v) is 3.73. The summed E-state index contributed by atoms with van der Waals surface area (Å²) in [6.07, 6.45) is 2.17. The molecule has 1 atom stereocenters. The molecule has 0 saturated heterocycles. The predicted octanol–water partition coefficient (Wildman–Crippen LogP) is 2.44. The molecular formula is C17H16INO5. The lowest BCUT2D eigenvalue weighted by atomic mass is 10.1. The molecule has 0 saturated carbocycles. The molecule has 2 heterocycles. The van der Waals surface area contributed by atoms with Gasteiger partial charge in [0.1, 0.15) is 12.2 Å². The fraction of sp³-hybridized carbons (Fsp3) is 0.353. The number of carbonyl (C=O) groups excluding carboxylic acids is 2. The van der Waals surface area contributed by atoms with E-state index in [2.05, 4.69) is 22.6 Å². The van der Waals surface area contributed by atoms with Gasteiger partial charge in [-0.1, -0.05) is 0 Å². The maximum absolute atomic E-state index is 12.7. The maximum atomic E-state index is 12.7. The summed E-state index contributed by atoms with van der Waals surface area (Å²) in [5.41, 5.74) is 1.49. The van der Waals surface area contributed by atoms with Crippen molar-refractivity contribution in [2.24, 2.45) is 0 Å². The van der Waals surface area contributed by atoms with Crippen molar-refractivity contribution in [3.63, 3.8) is 0 Å². The average molecular weight is 441 g/mol. The number of halogens is 1. The van der Waals surface area contributed by atoms with Gasteiger partial charge in [0, 0.05) is 22.1 Å². The maximum Gasteiger partial charge on any atom is 0.343 e. The van der Waals surface area contributed by atoms with Gasteiger partial charge in [-0.2, -0.15) is 0 Å². The van der Waals surface area contributed by atoms with Gasteiger partial charge in [-0.25, -0.2) is 4.79 Å². The Hall–Kier alpha value is -1.90. The number of ether oxygens (including phenoxy) is 2. The first-order chi connectivity index (χ1) is 11.4. The van der Waals surface area contributed by atoms with E-state index in [1.807, 2.05) is 10.6 Å². The summed E-state index contributed by atoms with van der Waals surface area (Å²) in [6, 6.07) is 3.64. The number of hydrogen-bond acceptors (Lipinski definition) is 5. The second-order valence-corrected chi connectivity index (χ2v) is 6.87. The molecule has 0 spiro atoms. The van der Waals surface area contributed by atoms with Gasteiger partial charge >= 0.3 is 11.9 Å². The van der Waals surface area contributed by atoms with Crippen molar-refractivity contribution < 1.29 is 19.1 Å². The van der Waals surface area contributed by atoms with Crippen LogP contribution >= 0.6 is 22.6 Å². The van der Waals surface area contributed by atoms with Gasteiger partial charge in [0.2, 0.25) is 5.43 Å². The second-order valence-electron chi connectivity index (χ2n) is 5.62. The fourth-order valence-electron chi connectivity index (χ4n) is 3.04. The first-order valence-electron chi connectivity index (χ1n) is 7.60. The molecule has 1 aliphatic rings. The zero-order valence-corrected chi connectivity index (χ0v) is 15.5. The summed E-state index contributed by atoms with van der Waals surface area (Å²) in [5.74, 6) is -0.991. The van der Waals surface area contributed by atoms with Crippen LogP contribution in [0.5, 0.6) is 0 Å². The van der Waals surface area contributed by atoms with E-state index >= 15 is 0 Å². The Morgan fingerprint density at radius 1 is 1.33 bits per heavy atom. The Labute approximate surface area is 151 Å². The minimum atomic E-state index is -0.633. The summed E-state index contributed by atoms with van der Waals surface area (Å²) in [4.78, 5) is 36.0. The summed E-state index contributed by atoms with van der Waals surface area (Å²) in [5, 5.41) is 0.493. The number of rotatable bonds is 4. The monoisotopic (exact) mass is 441 g/mol. The highest BCUT2D eigenvalue weighted by Crippen LogP contribution is 2.33. The Morgan fingerprint density at radius 2 is 2.08 bits per heavy atom. The van der Waals surface area contributed by atoms with Crippen molar-refractivity contribution in [3.05, 3.63) is 43.2 Å². The molecule has 0 radical (unpaired) electrons. The van der Waals surface area contributed by atoms with Crippen LogP contribution in [0.25, 0.3) is 10.9 Å². The number of esters is 2. The van der Waals surface area contributed by atoms with Gasteiger partial charge < -0.3 is 14.0 Å². The third kappa shape index (κ3) is 2.92. The molecule has 1 unspecified atom stereocenters. The van der Waals surface area contributed by atoms with Crippen LogP contribution in [0.3, 0.4) is 0 Å². The van der Waals surface area contributed by atoms with E-state index in [0.29, 0.717) is 11.8 Å². The number of pyridine rings is 1. The molecule has 0 N–H and O–H groups in total. The van der Waals surface area contributed by atoms with E-state index in [0.717, 1.165) is 14.7 Å². The van der Waals surface area contributed by atoms with Gasteiger partial charge in [-0.3, -0.25) is 9.59 Å². The van der Waals surface area contributed by atoms with Crippen LogP contribution < -0.4 is 5.43 Å². The quantitative estimate of drug-likeness (QED) is 0.539. The Bertz CT molecular complexity index is 902. The molecule has 0 bridgehead atoms. The molecule has 1 aromatic heterocycles. The van der Waals surface area contributed by atoms with Crippen molar-refractivity contribution in [2.75, 3.05) is 13.2 Å². The minimum Gasteiger partial charge on any atom is -0.464 e. The van der Waals surface area contributed by atoms with Crippen LogP contribution in [0.2, 0.25) is 0 Å². The number of hydrogen-bond donors (Lipinski definition) is 0. The van der Waals surface area contributed by atoms with Crippen LogP contribution in [0.4, 0.5) is 0 Å². The molecule has 0 aliphatic carbocycles. The highest BCUT2D eigenvalue weighted by atomic mass is 127. The molecule has 3 rings (SSSR count). The molecule has 0 amide bonds. The van der Waals surface area contributed by atoms with Crippen LogP contribution in [0.1, 0.15) is 35.8 Å². The Balaban J connectivity index is 2.18. The molecule has 1 aliphatic heterocycles. The molecule has 7 heteroatoms. The van der Waals surface area contributed by atoms with Crippen LogP contribution in [0, 0.1) is 3.57 Å². The van der Waals surface area contributed by atoms with Crippen LogP contribution in [0.15, 0.2) is 23.1 Å². The van der Waals surface area contributed by atoms with Gasteiger partial charge in [0.25, 0.3) is 0 Å². The van der Waals surface area contributed by atoms with E-state index in [1.54, 1.807) is 13.0 Å². The zero-order valence-electron chi connectivity index (χ0n) is 13.3. The number of nitrogens with zero attached hydrogens (tertiary/aromatic N) is 1. The van der Waals surface area contributed by atoms with Gasteiger partial charge in [-0.15, -0.1) is 0 Å². The van der Waals surface area contributed by atoms with Crippen LogP contribution in [-0.2, 0) is 20.7 Å². The van der Waals surface area contributed by atoms with Gasteiger partial charge in [0.05, 0.1) is 18.2 Å². The molecule has 1 aromatic carbocycles. The first-order valence-corrected chi connectivity index (χ1v) is 8.68. The summed E-state index contributed by atoms with van der Waals surface area (Å²) in [6.45, 7) is 3.45. The second kappa shape index (κ2) is 6.54. The topological polar surface area (TPSA) is 74.6 Å². The van der Waals surface area contributed by atoms with Gasteiger partial charge in [0.15, 0.2) is 0 Å². The molecular weight excluding hydrogens is 425 g/mol. The summed E-state index contributed by atoms with van der Waals surface area (Å²) >= 11 is 2.15. The predicted molar refractivity (Wildman–Crippen MR) is 96.3 cm³/mol. The Morgan fingerprint density at radius 3 is 2.75 bits per heavy atom. The van der Waals surface area contributed by atoms with E-state index in [-0.39, 0.29) is 36.2 Å². The van der Waals surface area contributed by atoms with Crippen molar-refractivity contribution in [1.82, 2.24) is 4.57 Å². The SMILES string of the molecule is CCOC(=O)c1cn2c3c(cc(I)cc3c1=O)CC2COC(C)=O. The van der Waals surface area contributed by atoms with Crippen molar-refractivity contribution in [2.45, 2.75) is 26.3 Å². The normalized spacial score (nSPS) is 15.5. The van der Waals surface area contributed by atoms with E-state index in [4.69, 9.17) is 9.47 Å². The zero-order chi connectivity index (χ0) is 17.4. The summed E-state index contributed by atoms with van der Waals surface area (Å²) in [7, 11) is 0. The standard InChI is InChI=1S/C17H16INO5/c1-3-23-17(22)14-7-19-12(8-24-9(2)20)5-10-4-11(18)6-13(15(10)19)16(14)21/h4,6-7,12H,3,5,8H2,1-2H3. The lowest BCUT2D eigenvalue weighted by molar-refractivity contribution is -0.142. The number of benzene rings is 1. The van der Waals surface area contributed by atoms with E-state index in [1.165, 1.54) is 13.1 Å². The Kier molecular flexibility index (Phi) is 4.62. The van der Waals surface area contributed by atoms with Crippen molar-refractivity contribution >= 4 is 45.4 Å². The third-order valence-electron chi connectivity index (χ3n) is 3.99. The summed E-state index contributed by atoms with van der Waals surface area (Å²) < 4.78 is 12.9. The largest absolute Gasteiger partial charge is 0.464 e. The molecule has 2 aromatic rings. The van der Waals surface area contributed by atoms with Crippen molar-refractivity contribution in [3.8, 4) is 0 Å². The smallest absolute Gasteiger partial charge is 0.343 e. The molecule has 24 heavy (non-hydrogen) atoms.